The summed E-state index contributed by atoms with van der Waals surface area (Å²) in [5.74, 6) is 0. The summed E-state index contributed by atoms with van der Waals surface area (Å²) in [6.45, 7) is 1.40. The standard InChI is InChI=1S/C8H16O4/c1-10-5-3-8-11-6-7(12-8)2-4-9/h7-9H,2-6H2,1H3. The number of hydrogen-bond acceptors (Lipinski definition) is 4. The molecule has 0 aromatic heterocycles. The number of rotatable bonds is 5. The van der Waals surface area contributed by atoms with Crippen LogP contribution in [0, 0.1) is 0 Å². The van der Waals surface area contributed by atoms with Gasteiger partial charge in [0.05, 0.1) is 19.3 Å². The van der Waals surface area contributed by atoms with Gasteiger partial charge in [0.2, 0.25) is 0 Å². The average Bonchev–Trinajstić information content (AvgIpc) is 2.50. The third kappa shape index (κ3) is 3.06. The van der Waals surface area contributed by atoms with Crippen molar-refractivity contribution in [1.82, 2.24) is 0 Å². The SMILES string of the molecule is COCCC1OCC(CCO)O1. The van der Waals surface area contributed by atoms with E-state index in [0.717, 1.165) is 6.42 Å². The molecule has 2 unspecified atom stereocenters. The monoisotopic (exact) mass is 176 g/mol. The predicted molar refractivity (Wildman–Crippen MR) is 42.8 cm³/mol. The average molecular weight is 176 g/mol. The zero-order valence-electron chi connectivity index (χ0n) is 7.36. The molecule has 0 aromatic carbocycles. The predicted octanol–water partition coefficient (Wildman–Crippen LogP) is 0.147. The maximum Gasteiger partial charge on any atom is 0.160 e. The zero-order chi connectivity index (χ0) is 8.81. The number of aliphatic hydroxyl groups excluding tert-OH is 1. The Morgan fingerprint density at radius 3 is 3.00 bits per heavy atom. The summed E-state index contributed by atoms with van der Waals surface area (Å²) in [5.41, 5.74) is 0. The van der Waals surface area contributed by atoms with E-state index < -0.39 is 0 Å². The fourth-order valence-corrected chi connectivity index (χ4v) is 1.17. The van der Waals surface area contributed by atoms with Gasteiger partial charge in [-0.15, -0.1) is 0 Å². The molecule has 1 heterocycles. The molecule has 0 saturated carbocycles. The van der Waals surface area contributed by atoms with Crippen LogP contribution in [-0.4, -0.2) is 44.4 Å². The first kappa shape index (κ1) is 9.92. The van der Waals surface area contributed by atoms with Gasteiger partial charge in [-0.3, -0.25) is 0 Å². The van der Waals surface area contributed by atoms with Crippen LogP contribution < -0.4 is 0 Å². The Balaban J connectivity index is 2.08. The molecule has 4 nitrogen and oxygen atoms in total. The molecule has 1 aliphatic heterocycles. The van der Waals surface area contributed by atoms with Crippen molar-refractivity contribution >= 4 is 0 Å². The number of hydrogen-bond donors (Lipinski definition) is 1. The highest BCUT2D eigenvalue weighted by molar-refractivity contribution is 4.64. The van der Waals surface area contributed by atoms with Crippen LogP contribution in [-0.2, 0) is 14.2 Å². The summed E-state index contributed by atoms with van der Waals surface area (Å²) in [4.78, 5) is 0. The molecule has 1 fully saturated rings. The fourth-order valence-electron chi connectivity index (χ4n) is 1.17. The lowest BCUT2D eigenvalue weighted by molar-refractivity contribution is -0.0742. The minimum Gasteiger partial charge on any atom is -0.396 e. The van der Waals surface area contributed by atoms with Crippen molar-refractivity contribution in [3.05, 3.63) is 0 Å². The molecule has 0 amide bonds. The highest BCUT2D eigenvalue weighted by Crippen LogP contribution is 2.16. The van der Waals surface area contributed by atoms with Crippen LogP contribution in [0.3, 0.4) is 0 Å². The Morgan fingerprint density at radius 1 is 1.50 bits per heavy atom. The van der Waals surface area contributed by atoms with E-state index >= 15 is 0 Å². The van der Waals surface area contributed by atoms with Crippen LogP contribution >= 0.6 is 0 Å². The first-order valence-electron chi connectivity index (χ1n) is 4.23. The number of methoxy groups -OCH3 is 1. The first-order chi connectivity index (χ1) is 5.86. The highest BCUT2D eigenvalue weighted by atomic mass is 16.7. The van der Waals surface area contributed by atoms with Crippen molar-refractivity contribution in [3.63, 3.8) is 0 Å². The third-order valence-corrected chi connectivity index (χ3v) is 1.82. The Morgan fingerprint density at radius 2 is 2.33 bits per heavy atom. The van der Waals surface area contributed by atoms with Crippen molar-refractivity contribution in [2.45, 2.75) is 25.2 Å². The lowest BCUT2D eigenvalue weighted by Crippen LogP contribution is -2.15. The third-order valence-electron chi connectivity index (χ3n) is 1.82. The van der Waals surface area contributed by atoms with E-state index in [1.807, 2.05) is 0 Å². The Labute approximate surface area is 72.4 Å². The Hall–Kier alpha value is -0.160. The summed E-state index contributed by atoms with van der Waals surface area (Å²) in [6, 6.07) is 0. The topological polar surface area (TPSA) is 47.9 Å². The highest BCUT2D eigenvalue weighted by Gasteiger charge is 2.24. The van der Waals surface area contributed by atoms with Gasteiger partial charge in [-0.05, 0) is 6.42 Å². The second kappa shape index (κ2) is 5.48. The van der Waals surface area contributed by atoms with Gasteiger partial charge in [-0.2, -0.15) is 0 Å². The van der Waals surface area contributed by atoms with Gasteiger partial charge in [0.15, 0.2) is 6.29 Å². The molecule has 0 aromatic rings. The molecule has 72 valence electrons. The molecular formula is C8H16O4. The second-order valence-electron chi connectivity index (χ2n) is 2.81. The van der Waals surface area contributed by atoms with Gasteiger partial charge >= 0.3 is 0 Å². The van der Waals surface area contributed by atoms with Crippen molar-refractivity contribution in [2.24, 2.45) is 0 Å². The number of aliphatic hydroxyl groups is 1. The maximum absolute atomic E-state index is 8.63. The molecule has 12 heavy (non-hydrogen) atoms. The normalized spacial score (nSPS) is 29.5. The lowest BCUT2D eigenvalue weighted by atomic mass is 10.3. The van der Waals surface area contributed by atoms with E-state index in [9.17, 15) is 0 Å². The van der Waals surface area contributed by atoms with Crippen LogP contribution in [0.4, 0.5) is 0 Å². The van der Waals surface area contributed by atoms with E-state index in [1.165, 1.54) is 0 Å². The molecule has 1 N–H and O–H groups in total. The van der Waals surface area contributed by atoms with Crippen LogP contribution in [0.1, 0.15) is 12.8 Å². The summed E-state index contributed by atoms with van der Waals surface area (Å²) in [7, 11) is 1.65. The summed E-state index contributed by atoms with van der Waals surface area (Å²) in [5, 5.41) is 8.63. The van der Waals surface area contributed by atoms with Crippen LogP contribution in [0.5, 0.6) is 0 Å². The molecule has 0 spiro atoms. The molecule has 4 heteroatoms. The Kier molecular flexibility index (Phi) is 4.53. The smallest absolute Gasteiger partial charge is 0.160 e. The minimum atomic E-state index is -0.138. The molecule has 2 atom stereocenters. The van der Waals surface area contributed by atoms with Crippen molar-refractivity contribution < 1.29 is 19.3 Å². The van der Waals surface area contributed by atoms with E-state index in [-0.39, 0.29) is 19.0 Å². The van der Waals surface area contributed by atoms with Crippen molar-refractivity contribution in [2.75, 3.05) is 26.9 Å². The van der Waals surface area contributed by atoms with Gasteiger partial charge < -0.3 is 19.3 Å². The molecule has 1 aliphatic rings. The van der Waals surface area contributed by atoms with Crippen molar-refractivity contribution in [3.8, 4) is 0 Å². The van der Waals surface area contributed by atoms with Crippen LogP contribution in [0.25, 0.3) is 0 Å². The van der Waals surface area contributed by atoms with Gasteiger partial charge in [-0.1, -0.05) is 0 Å². The molecule has 1 saturated heterocycles. The summed E-state index contributed by atoms with van der Waals surface area (Å²) >= 11 is 0. The van der Waals surface area contributed by atoms with E-state index in [0.29, 0.717) is 19.6 Å². The van der Waals surface area contributed by atoms with E-state index in [4.69, 9.17) is 19.3 Å². The quantitative estimate of drug-likeness (QED) is 0.647. The molecular weight excluding hydrogens is 160 g/mol. The summed E-state index contributed by atoms with van der Waals surface area (Å²) < 4.78 is 15.6. The second-order valence-corrected chi connectivity index (χ2v) is 2.81. The van der Waals surface area contributed by atoms with Crippen LogP contribution in [0.2, 0.25) is 0 Å². The van der Waals surface area contributed by atoms with Crippen LogP contribution in [0.15, 0.2) is 0 Å². The lowest BCUT2D eigenvalue weighted by Gasteiger charge is -2.09. The van der Waals surface area contributed by atoms with Gasteiger partial charge in [0.1, 0.15) is 0 Å². The van der Waals surface area contributed by atoms with Gasteiger partial charge in [0, 0.05) is 20.1 Å². The zero-order valence-corrected chi connectivity index (χ0v) is 7.36. The molecule has 0 bridgehead atoms. The van der Waals surface area contributed by atoms with Gasteiger partial charge in [-0.25, -0.2) is 0 Å². The first-order valence-corrected chi connectivity index (χ1v) is 4.23. The van der Waals surface area contributed by atoms with E-state index in [2.05, 4.69) is 0 Å². The fraction of sp³-hybridized carbons (Fsp3) is 1.00. The minimum absolute atomic E-state index is 0.0665. The van der Waals surface area contributed by atoms with Crippen molar-refractivity contribution in [1.29, 1.82) is 0 Å². The summed E-state index contributed by atoms with van der Waals surface area (Å²) in [6.07, 6.45) is 1.35. The largest absolute Gasteiger partial charge is 0.396 e. The van der Waals surface area contributed by atoms with E-state index in [1.54, 1.807) is 7.11 Å². The molecule has 0 radical (unpaired) electrons. The van der Waals surface area contributed by atoms with Gasteiger partial charge in [0.25, 0.3) is 0 Å². The molecule has 0 aliphatic carbocycles. The number of ether oxygens (including phenoxy) is 3. The Bertz CT molecular complexity index is 118. The maximum atomic E-state index is 8.63. The molecule has 1 rings (SSSR count).